The summed E-state index contributed by atoms with van der Waals surface area (Å²) in [5.74, 6) is -2.39. The van der Waals surface area contributed by atoms with Gasteiger partial charge >= 0.3 is 18.1 Å². The molecule has 0 bridgehead atoms. The number of hydrogen-bond donors (Lipinski definition) is 2. The van der Waals surface area contributed by atoms with Gasteiger partial charge in [-0.05, 0) is 39.0 Å². The minimum absolute atomic E-state index is 0.0648. The molecule has 0 spiro atoms. The molecular weight excluding hydrogens is 327 g/mol. The van der Waals surface area contributed by atoms with E-state index in [1.165, 1.54) is 6.08 Å². The van der Waals surface area contributed by atoms with Crippen LogP contribution < -0.4 is 5.32 Å². The van der Waals surface area contributed by atoms with Crippen LogP contribution in [0.2, 0.25) is 0 Å². The quantitative estimate of drug-likeness (QED) is 0.745. The third-order valence-corrected chi connectivity index (χ3v) is 3.48. The lowest BCUT2D eigenvalue weighted by atomic mass is 9.95. The number of amides is 1. The van der Waals surface area contributed by atoms with Gasteiger partial charge in [0.05, 0.1) is 12.7 Å². The van der Waals surface area contributed by atoms with Crippen LogP contribution in [0.1, 0.15) is 52.9 Å². The molecule has 1 unspecified atom stereocenters. The summed E-state index contributed by atoms with van der Waals surface area (Å²) in [6.07, 6.45) is -0.838. The molecule has 0 saturated carbocycles. The van der Waals surface area contributed by atoms with Crippen molar-refractivity contribution in [1.29, 1.82) is 0 Å². The zero-order chi connectivity index (χ0) is 18.8. The Morgan fingerprint density at radius 1 is 1.33 bits per heavy atom. The molecule has 1 aliphatic rings. The number of carbonyl (C=O) groups excluding carboxylic acids is 2. The second-order valence-electron chi connectivity index (χ2n) is 5.36. The van der Waals surface area contributed by atoms with E-state index in [0.717, 1.165) is 12.8 Å². The summed E-state index contributed by atoms with van der Waals surface area (Å²) in [6.45, 7) is 5.89. The maximum atomic E-state index is 12.0. The molecule has 1 atom stereocenters. The van der Waals surface area contributed by atoms with E-state index >= 15 is 0 Å². The number of nitrogens with one attached hydrogen (secondary N) is 1. The van der Waals surface area contributed by atoms with E-state index in [1.807, 2.05) is 19.2 Å². The average molecular weight is 353 g/mol. The number of alkyl halides is 3. The van der Waals surface area contributed by atoms with E-state index in [4.69, 9.17) is 9.84 Å². The molecule has 2 N–H and O–H groups in total. The Hall–Kier alpha value is -1.57. The van der Waals surface area contributed by atoms with Crippen molar-refractivity contribution in [3.05, 3.63) is 11.6 Å². The van der Waals surface area contributed by atoms with Crippen LogP contribution in [-0.4, -0.2) is 41.9 Å². The molecule has 0 aliphatic heterocycles. The molecule has 1 amide bonds. The standard InChI is InChI=1S/C11H14F3NO3.C5H12O/c1-2-18-9(16)7-3-5-8(6-4-7)15-10(17)11(12,13)14;1-3-5(6)4-2/h3,8H,2,4-6H2,1H3,(H,15,17);5-6H,3-4H2,1-2H3. The van der Waals surface area contributed by atoms with Gasteiger partial charge < -0.3 is 15.2 Å². The predicted octanol–water partition coefficient (Wildman–Crippen LogP) is 2.87. The van der Waals surface area contributed by atoms with Crippen LogP contribution in [0, 0.1) is 0 Å². The van der Waals surface area contributed by atoms with Gasteiger partial charge in [-0.3, -0.25) is 4.79 Å². The van der Waals surface area contributed by atoms with Crippen molar-refractivity contribution in [1.82, 2.24) is 5.32 Å². The normalized spacial score (nSPS) is 17.5. The van der Waals surface area contributed by atoms with Gasteiger partial charge in [0.2, 0.25) is 0 Å². The molecule has 24 heavy (non-hydrogen) atoms. The molecule has 1 aliphatic carbocycles. The maximum absolute atomic E-state index is 12.0. The Balaban J connectivity index is 0.000000754. The van der Waals surface area contributed by atoms with E-state index in [2.05, 4.69) is 0 Å². The van der Waals surface area contributed by atoms with Crippen LogP contribution >= 0.6 is 0 Å². The first-order chi connectivity index (χ1) is 11.1. The lowest BCUT2D eigenvalue weighted by molar-refractivity contribution is -0.174. The minimum Gasteiger partial charge on any atom is -0.463 e. The lowest BCUT2D eigenvalue weighted by Gasteiger charge is -2.22. The topological polar surface area (TPSA) is 75.6 Å². The molecule has 0 fully saturated rings. The lowest BCUT2D eigenvalue weighted by Crippen LogP contribution is -2.43. The number of rotatable bonds is 5. The molecule has 0 aromatic heterocycles. The molecule has 8 heteroatoms. The van der Waals surface area contributed by atoms with Crippen LogP contribution in [-0.2, 0) is 14.3 Å². The van der Waals surface area contributed by atoms with Gasteiger partial charge in [-0.2, -0.15) is 13.2 Å². The van der Waals surface area contributed by atoms with Gasteiger partial charge in [-0.25, -0.2) is 4.79 Å². The summed E-state index contributed by atoms with van der Waals surface area (Å²) >= 11 is 0. The molecule has 0 aromatic carbocycles. The Kier molecular flexibility index (Phi) is 10.3. The number of aliphatic hydroxyl groups is 1. The first-order valence-corrected chi connectivity index (χ1v) is 8.07. The van der Waals surface area contributed by atoms with Crippen molar-refractivity contribution in [2.75, 3.05) is 6.61 Å². The Morgan fingerprint density at radius 3 is 2.25 bits per heavy atom. The minimum atomic E-state index is -4.87. The highest BCUT2D eigenvalue weighted by molar-refractivity contribution is 5.88. The third kappa shape index (κ3) is 8.90. The zero-order valence-electron chi connectivity index (χ0n) is 14.3. The fourth-order valence-electron chi connectivity index (χ4n) is 1.93. The number of esters is 1. The summed E-state index contributed by atoms with van der Waals surface area (Å²) in [7, 11) is 0. The van der Waals surface area contributed by atoms with Gasteiger partial charge in [0.25, 0.3) is 0 Å². The fraction of sp³-hybridized carbons (Fsp3) is 0.750. The van der Waals surface area contributed by atoms with E-state index in [0.29, 0.717) is 18.4 Å². The Labute approximate surface area is 140 Å². The SMILES string of the molecule is CCC(O)CC.CCOC(=O)C1=CCC(NC(=O)C(F)(F)F)CC1. The average Bonchev–Trinajstić information content (AvgIpc) is 2.54. The van der Waals surface area contributed by atoms with Gasteiger partial charge in [0.1, 0.15) is 0 Å². The monoisotopic (exact) mass is 353 g/mol. The highest BCUT2D eigenvalue weighted by Crippen LogP contribution is 2.21. The first-order valence-electron chi connectivity index (χ1n) is 8.07. The molecular formula is C16H26F3NO4. The second kappa shape index (κ2) is 11.1. The molecule has 1 rings (SSSR count). The molecule has 0 saturated heterocycles. The molecule has 0 aromatic rings. The fourth-order valence-corrected chi connectivity index (χ4v) is 1.93. The Morgan fingerprint density at radius 2 is 1.92 bits per heavy atom. The van der Waals surface area contributed by atoms with Crippen molar-refractivity contribution >= 4 is 11.9 Å². The van der Waals surface area contributed by atoms with Crippen molar-refractivity contribution in [3.8, 4) is 0 Å². The van der Waals surface area contributed by atoms with E-state index < -0.39 is 24.1 Å². The van der Waals surface area contributed by atoms with Gasteiger partial charge in [-0.1, -0.05) is 19.9 Å². The van der Waals surface area contributed by atoms with Crippen LogP contribution in [0.25, 0.3) is 0 Å². The summed E-state index contributed by atoms with van der Waals surface area (Å²) in [6, 6.07) is -0.586. The van der Waals surface area contributed by atoms with Crippen molar-refractivity contribution in [2.45, 2.75) is 71.2 Å². The summed E-state index contributed by atoms with van der Waals surface area (Å²) in [5.41, 5.74) is 0.453. The summed E-state index contributed by atoms with van der Waals surface area (Å²) < 4.78 is 40.8. The number of hydrogen-bond acceptors (Lipinski definition) is 4. The smallest absolute Gasteiger partial charge is 0.463 e. The molecule has 140 valence electrons. The highest BCUT2D eigenvalue weighted by Gasteiger charge is 2.39. The number of aliphatic hydroxyl groups excluding tert-OH is 1. The van der Waals surface area contributed by atoms with Gasteiger partial charge in [0.15, 0.2) is 0 Å². The van der Waals surface area contributed by atoms with Crippen LogP contribution in [0.5, 0.6) is 0 Å². The van der Waals surface area contributed by atoms with Gasteiger partial charge in [-0.15, -0.1) is 0 Å². The molecule has 0 radical (unpaired) electrons. The van der Waals surface area contributed by atoms with E-state index in [-0.39, 0.29) is 19.1 Å². The number of ether oxygens (including phenoxy) is 1. The first kappa shape index (κ1) is 22.4. The van der Waals surface area contributed by atoms with Crippen molar-refractivity contribution in [2.24, 2.45) is 0 Å². The highest BCUT2D eigenvalue weighted by atomic mass is 19.4. The Bertz CT molecular complexity index is 432. The summed E-state index contributed by atoms with van der Waals surface area (Å²) in [5, 5.41) is 10.6. The zero-order valence-corrected chi connectivity index (χ0v) is 14.3. The van der Waals surface area contributed by atoms with Gasteiger partial charge in [0, 0.05) is 11.6 Å². The second-order valence-corrected chi connectivity index (χ2v) is 5.36. The van der Waals surface area contributed by atoms with Crippen molar-refractivity contribution in [3.63, 3.8) is 0 Å². The molecule has 5 nitrogen and oxygen atoms in total. The van der Waals surface area contributed by atoms with E-state index in [9.17, 15) is 22.8 Å². The van der Waals surface area contributed by atoms with Crippen LogP contribution in [0.15, 0.2) is 11.6 Å². The number of halogens is 3. The van der Waals surface area contributed by atoms with Crippen molar-refractivity contribution < 1.29 is 32.6 Å². The molecule has 0 heterocycles. The third-order valence-electron chi connectivity index (χ3n) is 3.48. The summed E-state index contributed by atoms with van der Waals surface area (Å²) in [4.78, 5) is 22.0. The van der Waals surface area contributed by atoms with Crippen LogP contribution in [0.3, 0.4) is 0 Å². The predicted molar refractivity (Wildman–Crippen MR) is 83.1 cm³/mol. The van der Waals surface area contributed by atoms with Crippen LogP contribution in [0.4, 0.5) is 13.2 Å². The van der Waals surface area contributed by atoms with E-state index in [1.54, 1.807) is 6.92 Å². The number of carbonyl (C=O) groups is 2. The largest absolute Gasteiger partial charge is 0.471 e. The maximum Gasteiger partial charge on any atom is 0.471 e.